The second kappa shape index (κ2) is 4.84. The molecule has 2 atom stereocenters. The van der Waals surface area contributed by atoms with Crippen LogP contribution in [0.1, 0.15) is 29.3 Å². The molecule has 1 amide bonds. The molecule has 2 N–H and O–H groups in total. The van der Waals surface area contributed by atoms with E-state index >= 15 is 0 Å². The molecule has 1 aromatic rings. The van der Waals surface area contributed by atoms with E-state index in [1.165, 1.54) is 0 Å². The van der Waals surface area contributed by atoms with E-state index in [1.807, 2.05) is 17.9 Å². The normalized spacial score (nSPS) is 24.1. The van der Waals surface area contributed by atoms with Gasteiger partial charge in [0.15, 0.2) is 0 Å². The number of carbonyl (C=O) groups excluding carboxylic acids is 1. The van der Waals surface area contributed by atoms with Crippen molar-refractivity contribution in [3.63, 3.8) is 0 Å². The van der Waals surface area contributed by atoms with Gasteiger partial charge in [-0.3, -0.25) is 9.78 Å². The summed E-state index contributed by atoms with van der Waals surface area (Å²) >= 11 is 0. The SMILES string of the molecule is Cc1cncc(C(=O)N2CCC(C)C2CN)c1. The maximum Gasteiger partial charge on any atom is 0.255 e. The highest BCUT2D eigenvalue weighted by molar-refractivity contribution is 5.94. The number of hydrogen-bond donors (Lipinski definition) is 1. The third-order valence-corrected chi connectivity index (χ3v) is 3.51. The van der Waals surface area contributed by atoms with Crippen molar-refractivity contribution in [2.75, 3.05) is 13.1 Å². The second-order valence-electron chi connectivity index (χ2n) is 4.82. The first-order valence-corrected chi connectivity index (χ1v) is 6.06. The van der Waals surface area contributed by atoms with Gasteiger partial charge in [0.25, 0.3) is 5.91 Å². The molecule has 2 heterocycles. The topological polar surface area (TPSA) is 59.2 Å². The van der Waals surface area contributed by atoms with Crippen molar-refractivity contribution >= 4 is 5.91 Å². The summed E-state index contributed by atoms with van der Waals surface area (Å²) in [5, 5.41) is 0. The lowest BCUT2D eigenvalue weighted by molar-refractivity contribution is 0.0727. The number of pyridine rings is 1. The smallest absolute Gasteiger partial charge is 0.255 e. The number of nitrogens with zero attached hydrogens (tertiary/aromatic N) is 2. The average molecular weight is 233 g/mol. The zero-order chi connectivity index (χ0) is 12.4. The molecule has 0 aliphatic carbocycles. The molecule has 0 saturated carbocycles. The standard InChI is InChI=1S/C13H19N3O/c1-9-5-11(8-15-7-9)13(17)16-4-3-10(2)12(16)6-14/h5,7-8,10,12H,3-4,6,14H2,1-2H3. The predicted molar refractivity (Wildman–Crippen MR) is 66.6 cm³/mol. The minimum Gasteiger partial charge on any atom is -0.334 e. The van der Waals surface area contributed by atoms with Crippen molar-refractivity contribution in [1.82, 2.24) is 9.88 Å². The Kier molecular flexibility index (Phi) is 3.43. The molecule has 17 heavy (non-hydrogen) atoms. The molecule has 0 spiro atoms. The fourth-order valence-electron chi connectivity index (χ4n) is 2.46. The van der Waals surface area contributed by atoms with Crippen LogP contribution in [0.3, 0.4) is 0 Å². The Bertz CT molecular complexity index is 419. The van der Waals surface area contributed by atoms with E-state index in [2.05, 4.69) is 11.9 Å². The minimum atomic E-state index is 0.0565. The Balaban J connectivity index is 2.20. The highest BCUT2D eigenvalue weighted by Gasteiger charge is 2.33. The van der Waals surface area contributed by atoms with Crippen LogP contribution in [0.25, 0.3) is 0 Å². The summed E-state index contributed by atoms with van der Waals surface area (Å²) in [5.74, 6) is 0.544. The summed E-state index contributed by atoms with van der Waals surface area (Å²) in [6, 6.07) is 2.05. The van der Waals surface area contributed by atoms with Crippen molar-refractivity contribution in [3.05, 3.63) is 29.6 Å². The molecule has 1 aliphatic rings. The van der Waals surface area contributed by atoms with Crippen molar-refractivity contribution < 1.29 is 4.79 Å². The van der Waals surface area contributed by atoms with Crippen LogP contribution in [0.5, 0.6) is 0 Å². The molecule has 0 aromatic carbocycles. The first-order valence-electron chi connectivity index (χ1n) is 6.06. The van der Waals surface area contributed by atoms with Crippen LogP contribution in [-0.4, -0.2) is 34.9 Å². The Morgan fingerprint density at radius 2 is 2.35 bits per heavy atom. The fraction of sp³-hybridized carbons (Fsp3) is 0.538. The van der Waals surface area contributed by atoms with Gasteiger partial charge >= 0.3 is 0 Å². The van der Waals surface area contributed by atoms with Gasteiger partial charge in [-0.25, -0.2) is 0 Å². The first-order chi connectivity index (χ1) is 8.13. The average Bonchev–Trinajstić information content (AvgIpc) is 2.69. The number of aromatic nitrogens is 1. The molecule has 0 bridgehead atoms. The van der Waals surface area contributed by atoms with E-state index in [0.29, 0.717) is 18.0 Å². The zero-order valence-corrected chi connectivity index (χ0v) is 10.4. The van der Waals surface area contributed by atoms with E-state index in [0.717, 1.165) is 18.5 Å². The number of hydrogen-bond acceptors (Lipinski definition) is 3. The van der Waals surface area contributed by atoms with Crippen molar-refractivity contribution in [2.24, 2.45) is 11.7 Å². The van der Waals surface area contributed by atoms with E-state index < -0.39 is 0 Å². The largest absolute Gasteiger partial charge is 0.334 e. The van der Waals surface area contributed by atoms with Crippen LogP contribution in [-0.2, 0) is 0 Å². The Morgan fingerprint density at radius 3 is 3.00 bits per heavy atom. The molecule has 1 aromatic heterocycles. The quantitative estimate of drug-likeness (QED) is 0.835. The predicted octanol–water partition coefficient (Wildman–Crippen LogP) is 1.20. The molecule has 4 nitrogen and oxygen atoms in total. The van der Waals surface area contributed by atoms with Crippen LogP contribution in [0, 0.1) is 12.8 Å². The molecule has 1 aliphatic heterocycles. The maximum atomic E-state index is 12.3. The summed E-state index contributed by atoms with van der Waals surface area (Å²) in [4.78, 5) is 18.3. The third-order valence-electron chi connectivity index (χ3n) is 3.51. The van der Waals surface area contributed by atoms with Crippen LogP contribution in [0.15, 0.2) is 18.5 Å². The van der Waals surface area contributed by atoms with Gasteiger partial charge in [-0.05, 0) is 30.9 Å². The zero-order valence-electron chi connectivity index (χ0n) is 10.4. The number of nitrogens with two attached hydrogens (primary N) is 1. The maximum absolute atomic E-state index is 12.3. The van der Waals surface area contributed by atoms with E-state index in [1.54, 1.807) is 12.4 Å². The van der Waals surface area contributed by atoms with Gasteiger partial charge in [0, 0.05) is 31.5 Å². The van der Waals surface area contributed by atoms with Gasteiger partial charge < -0.3 is 10.6 Å². The van der Waals surface area contributed by atoms with E-state index in [4.69, 9.17) is 5.73 Å². The van der Waals surface area contributed by atoms with Crippen LogP contribution < -0.4 is 5.73 Å². The number of amides is 1. The summed E-state index contributed by atoms with van der Waals surface area (Å²) < 4.78 is 0. The molecule has 2 rings (SSSR count). The number of aryl methyl sites for hydroxylation is 1. The summed E-state index contributed by atoms with van der Waals surface area (Å²) in [6.07, 6.45) is 4.42. The van der Waals surface area contributed by atoms with Crippen LogP contribution in [0.2, 0.25) is 0 Å². The third kappa shape index (κ3) is 2.31. The van der Waals surface area contributed by atoms with Gasteiger partial charge in [-0.2, -0.15) is 0 Å². The lowest BCUT2D eigenvalue weighted by Crippen LogP contribution is -2.42. The fourth-order valence-corrected chi connectivity index (χ4v) is 2.46. The molecule has 1 saturated heterocycles. The monoisotopic (exact) mass is 233 g/mol. The van der Waals surface area contributed by atoms with Crippen LogP contribution >= 0.6 is 0 Å². The lowest BCUT2D eigenvalue weighted by atomic mass is 10.0. The van der Waals surface area contributed by atoms with Gasteiger partial charge in [-0.1, -0.05) is 6.92 Å². The molecule has 1 fully saturated rings. The van der Waals surface area contributed by atoms with Gasteiger partial charge in [0.1, 0.15) is 0 Å². The summed E-state index contributed by atoms with van der Waals surface area (Å²) in [6.45, 7) is 5.43. The highest BCUT2D eigenvalue weighted by Crippen LogP contribution is 2.24. The highest BCUT2D eigenvalue weighted by atomic mass is 16.2. The van der Waals surface area contributed by atoms with Crippen LogP contribution in [0.4, 0.5) is 0 Å². The summed E-state index contributed by atoms with van der Waals surface area (Å²) in [5.41, 5.74) is 7.42. The van der Waals surface area contributed by atoms with E-state index in [9.17, 15) is 4.79 Å². The summed E-state index contributed by atoms with van der Waals surface area (Å²) in [7, 11) is 0. The lowest BCUT2D eigenvalue weighted by Gasteiger charge is -2.25. The molecule has 92 valence electrons. The van der Waals surface area contributed by atoms with Crippen molar-refractivity contribution in [3.8, 4) is 0 Å². The molecular formula is C13H19N3O. The minimum absolute atomic E-state index is 0.0565. The molecule has 2 unspecified atom stereocenters. The van der Waals surface area contributed by atoms with Gasteiger partial charge in [0.05, 0.1) is 5.56 Å². The Morgan fingerprint density at radius 1 is 1.59 bits per heavy atom. The van der Waals surface area contributed by atoms with Crippen molar-refractivity contribution in [1.29, 1.82) is 0 Å². The van der Waals surface area contributed by atoms with Crippen molar-refractivity contribution in [2.45, 2.75) is 26.3 Å². The number of likely N-dealkylation sites (tertiary alicyclic amines) is 1. The molecule has 4 heteroatoms. The molecular weight excluding hydrogens is 214 g/mol. The second-order valence-corrected chi connectivity index (χ2v) is 4.82. The Labute approximate surface area is 102 Å². The number of carbonyl (C=O) groups is 1. The van der Waals surface area contributed by atoms with E-state index in [-0.39, 0.29) is 11.9 Å². The van der Waals surface area contributed by atoms with Gasteiger partial charge in [-0.15, -0.1) is 0 Å². The first kappa shape index (κ1) is 12.0. The Hall–Kier alpha value is -1.42. The van der Waals surface area contributed by atoms with Gasteiger partial charge in [0.2, 0.25) is 0 Å². The number of rotatable bonds is 2. The molecule has 0 radical (unpaired) electrons.